The Hall–Kier alpha value is -1.84. The SMILES string of the molecule is O=[S@@]1c2c(nc(N3CC4CCC(C3)C4c3ncc(Cl)cn3)nc2NC2(CO)CCC2)CC12CC2. The molecule has 3 aliphatic carbocycles. The van der Waals surface area contributed by atoms with E-state index >= 15 is 0 Å². The summed E-state index contributed by atoms with van der Waals surface area (Å²) in [5, 5.41) is 14.2. The highest BCUT2D eigenvalue weighted by molar-refractivity contribution is 7.87. The lowest BCUT2D eigenvalue weighted by atomic mass is 9.77. The number of anilines is 2. The zero-order valence-corrected chi connectivity index (χ0v) is 20.6. The highest BCUT2D eigenvalue weighted by atomic mass is 35.5. The lowest BCUT2D eigenvalue weighted by molar-refractivity contribution is 0.143. The average Bonchev–Trinajstić information content (AvgIpc) is 3.47. The van der Waals surface area contributed by atoms with E-state index in [4.69, 9.17) is 21.6 Å². The number of nitrogens with zero attached hydrogens (tertiary/aromatic N) is 5. The quantitative estimate of drug-likeness (QED) is 0.645. The van der Waals surface area contributed by atoms with Gasteiger partial charge in [0.2, 0.25) is 5.95 Å². The van der Waals surface area contributed by atoms with Crippen molar-refractivity contribution in [1.82, 2.24) is 19.9 Å². The van der Waals surface area contributed by atoms with Crippen LogP contribution in [0.15, 0.2) is 17.3 Å². The predicted molar refractivity (Wildman–Crippen MR) is 130 cm³/mol. The van der Waals surface area contributed by atoms with Gasteiger partial charge in [0, 0.05) is 37.8 Å². The van der Waals surface area contributed by atoms with Crippen molar-refractivity contribution >= 4 is 34.2 Å². The Bertz CT molecular complexity index is 1150. The van der Waals surface area contributed by atoms with Gasteiger partial charge >= 0.3 is 0 Å². The summed E-state index contributed by atoms with van der Waals surface area (Å²) in [6.45, 7) is 1.80. The molecule has 34 heavy (non-hydrogen) atoms. The van der Waals surface area contributed by atoms with E-state index in [2.05, 4.69) is 20.2 Å². The molecule has 2 unspecified atom stereocenters. The molecule has 2 aromatic rings. The van der Waals surface area contributed by atoms with E-state index in [-0.39, 0.29) is 16.9 Å². The fraction of sp³-hybridized carbons (Fsp3) is 0.667. The van der Waals surface area contributed by atoms with Crippen LogP contribution in [0.1, 0.15) is 62.4 Å². The van der Waals surface area contributed by atoms with Crippen LogP contribution in [0.2, 0.25) is 5.02 Å². The van der Waals surface area contributed by atoms with E-state index in [1.165, 1.54) is 0 Å². The molecule has 3 atom stereocenters. The third-order valence-electron chi connectivity index (χ3n) is 8.85. The van der Waals surface area contributed by atoms with E-state index in [1.54, 1.807) is 12.4 Å². The third-order valence-corrected chi connectivity index (χ3v) is 11.2. The first-order valence-corrected chi connectivity index (χ1v) is 14.0. The number of aromatic nitrogens is 4. The van der Waals surface area contributed by atoms with E-state index in [0.717, 1.165) is 86.8 Å². The minimum absolute atomic E-state index is 0.0650. The second-order valence-electron chi connectivity index (χ2n) is 11.0. The highest BCUT2D eigenvalue weighted by Gasteiger charge is 2.56. The van der Waals surface area contributed by atoms with Gasteiger partial charge in [0.1, 0.15) is 16.5 Å². The van der Waals surface area contributed by atoms with Gasteiger partial charge in [-0.15, -0.1) is 0 Å². The summed E-state index contributed by atoms with van der Waals surface area (Å²) >= 11 is 6.02. The largest absolute Gasteiger partial charge is 0.394 e. The van der Waals surface area contributed by atoms with Crippen LogP contribution < -0.4 is 10.2 Å². The maximum absolute atomic E-state index is 13.4. The van der Waals surface area contributed by atoms with Gasteiger partial charge in [-0.25, -0.2) is 15.0 Å². The Balaban J connectivity index is 1.21. The van der Waals surface area contributed by atoms with Crippen molar-refractivity contribution in [3.8, 4) is 0 Å². The Kier molecular flexibility index (Phi) is 4.78. The molecule has 3 saturated carbocycles. The number of rotatable bonds is 5. The molecule has 5 aliphatic rings. The van der Waals surface area contributed by atoms with Gasteiger partial charge in [-0.05, 0) is 56.8 Å². The molecular formula is C24H29ClN6O2S. The van der Waals surface area contributed by atoms with E-state index in [1.807, 2.05) is 0 Å². The van der Waals surface area contributed by atoms with Crippen LogP contribution in [-0.2, 0) is 17.2 Å². The van der Waals surface area contributed by atoms with Gasteiger partial charge in [-0.2, -0.15) is 4.98 Å². The van der Waals surface area contributed by atoms with Crippen molar-refractivity contribution in [3.05, 3.63) is 28.9 Å². The fourth-order valence-corrected chi connectivity index (χ4v) is 8.47. The second kappa shape index (κ2) is 7.58. The van der Waals surface area contributed by atoms with Crippen molar-refractivity contribution in [2.75, 3.05) is 29.9 Å². The monoisotopic (exact) mass is 500 g/mol. The molecule has 7 rings (SSSR count). The molecule has 2 aliphatic heterocycles. The number of hydrogen-bond acceptors (Lipinski definition) is 8. The Labute approximate surface area is 206 Å². The van der Waals surface area contributed by atoms with E-state index < -0.39 is 10.8 Å². The number of hydrogen-bond donors (Lipinski definition) is 2. The summed E-state index contributed by atoms with van der Waals surface area (Å²) < 4.78 is 13.3. The van der Waals surface area contributed by atoms with Gasteiger partial charge < -0.3 is 15.3 Å². The Morgan fingerprint density at radius 3 is 2.41 bits per heavy atom. The maximum atomic E-state index is 13.4. The van der Waals surface area contributed by atoms with Crippen LogP contribution in [0.3, 0.4) is 0 Å². The first-order chi connectivity index (χ1) is 16.5. The molecule has 10 heteroatoms. The van der Waals surface area contributed by atoms with Crippen LogP contribution in [0.4, 0.5) is 11.8 Å². The molecular weight excluding hydrogens is 472 g/mol. The van der Waals surface area contributed by atoms with Gasteiger partial charge in [0.15, 0.2) is 0 Å². The molecule has 4 fully saturated rings. The number of nitrogens with one attached hydrogen (secondary N) is 1. The van der Waals surface area contributed by atoms with Gasteiger partial charge in [-0.3, -0.25) is 4.21 Å². The average molecular weight is 501 g/mol. The highest BCUT2D eigenvalue weighted by Crippen LogP contribution is 2.54. The number of halogens is 1. The van der Waals surface area contributed by atoms with Gasteiger partial charge in [-0.1, -0.05) is 11.6 Å². The van der Waals surface area contributed by atoms with E-state index in [9.17, 15) is 9.32 Å². The molecule has 2 aromatic heterocycles. The molecule has 1 saturated heterocycles. The summed E-state index contributed by atoms with van der Waals surface area (Å²) in [6, 6.07) is 0. The molecule has 2 N–H and O–H groups in total. The first kappa shape index (κ1) is 21.4. The van der Waals surface area contributed by atoms with Crippen LogP contribution in [0.5, 0.6) is 0 Å². The molecule has 1 spiro atoms. The summed E-state index contributed by atoms with van der Waals surface area (Å²) in [5.41, 5.74) is 0.590. The zero-order chi connectivity index (χ0) is 23.1. The zero-order valence-electron chi connectivity index (χ0n) is 19.0. The van der Waals surface area contributed by atoms with Crippen molar-refractivity contribution in [3.63, 3.8) is 0 Å². The fourth-order valence-electron chi connectivity index (χ4n) is 6.59. The molecule has 4 heterocycles. The van der Waals surface area contributed by atoms with Crippen molar-refractivity contribution in [2.24, 2.45) is 11.8 Å². The van der Waals surface area contributed by atoms with E-state index in [0.29, 0.717) is 28.6 Å². The smallest absolute Gasteiger partial charge is 0.227 e. The second-order valence-corrected chi connectivity index (χ2v) is 13.2. The number of aliphatic hydroxyl groups is 1. The van der Waals surface area contributed by atoms with Crippen LogP contribution in [0.25, 0.3) is 0 Å². The summed E-state index contributed by atoms with van der Waals surface area (Å²) in [6.07, 6.45) is 11.4. The van der Waals surface area contributed by atoms with Crippen LogP contribution in [-0.4, -0.2) is 59.2 Å². The summed E-state index contributed by atoms with van der Waals surface area (Å²) in [5.74, 6) is 3.56. The Morgan fingerprint density at radius 2 is 1.82 bits per heavy atom. The minimum atomic E-state index is -1.09. The topological polar surface area (TPSA) is 104 Å². The molecule has 2 bridgehead atoms. The van der Waals surface area contributed by atoms with Crippen LogP contribution in [0, 0.1) is 11.8 Å². The lowest BCUT2D eigenvalue weighted by Gasteiger charge is -2.42. The third kappa shape index (κ3) is 3.23. The Morgan fingerprint density at radius 1 is 1.12 bits per heavy atom. The molecule has 0 aromatic carbocycles. The standard InChI is InChI=1S/C24H29ClN6O2S/c25-16-9-26-20(27-10-16)18-14-2-3-15(18)12-31(11-14)22-28-17-8-24(6-7-24)34(33)19(17)21(29-22)30-23(13-32)4-1-5-23/h9-10,14-15,18,32H,1-8,11-13H2,(H,28,29,30)/t14?,15?,18?,34-/m1/s1. The molecule has 0 radical (unpaired) electrons. The van der Waals surface area contributed by atoms with Crippen LogP contribution >= 0.6 is 11.6 Å². The normalized spacial score (nSPS) is 31.9. The number of aliphatic hydroxyl groups excluding tert-OH is 1. The number of fused-ring (bicyclic) bond motifs is 3. The predicted octanol–water partition coefficient (Wildman–Crippen LogP) is 3.07. The van der Waals surface area contributed by atoms with Gasteiger partial charge in [0.05, 0.1) is 38.4 Å². The molecule has 0 amide bonds. The van der Waals surface area contributed by atoms with Crippen molar-refractivity contribution in [2.45, 2.75) is 72.5 Å². The summed E-state index contributed by atoms with van der Waals surface area (Å²) in [4.78, 5) is 22.2. The first-order valence-electron chi connectivity index (χ1n) is 12.4. The minimum Gasteiger partial charge on any atom is -0.394 e. The maximum Gasteiger partial charge on any atom is 0.227 e. The van der Waals surface area contributed by atoms with Crippen molar-refractivity contribution < 1.29 is 9.32 Å². The van der Waals surface area contributed by atoms with Gasteiger partial charge in [0.25, 0.3) is 0 Å². The van der Waals surface area contributed by atoms with Crippen molar-refractivity contribution in [1.29, 1.82) is 0 Å². The lowest BCUT2D eigenvalue weighted by Crippen LogP contribution is -2.49. The number of piperidine rings is 1. The molecule has 180 valence electrons. The summed E-state index contributed by atoms with van der Waals surface area (Å²) in [7, 11) is -1.09. The molecule has 8 nitrogen and oxygen atoms in total.